The molecule has 1 rings (SSSR count). The highest BCUT2D eigenvalue weighted by Crippen LogP contribution is 2.22. The molecule has 13 heavy (non-hydrogen) atoms. The topological polar surface area (TPSA) is 29.3 Å². The van der Waals surface area contributed by atoms with Gasteiger partial charge >= 0.3 is 0 Å². The van der Waals surface area contributed by atoms with Crippen LogP contribution in [0, 0.1) is 5.92 Å². The first kappa shape index (κ1) is 10.7. The summed E-state index contributed by atoms with van der Waals surface area (Å²) in [4.78, 5) is 2.53. The first-order valence-electron chi connectivity index (χ1n) is 5.22. The van der Waals surface area contributed by atoms with Crippen molar-refractivity contribution >= 4 is 0 Å². The van der Waals surface area contributed by atoms with E-state index in [4.69, 9.17) is 5.73 Å². The van der Waals surface area contributed by atoms with Crippen molar-refractivity contribution in [1.29, 1.82) is 0 Å². The van der Waals surface area contributed by atoms with E-state index in [0.717, 1.165) is 25.4 Å². The third-order valence-electron chi connectivity index (χ3n) is 2.95. The number of rotatable bonds is 4. The summed E-state index contributed by atoms with van der Waals surface area (Å²) in [5.41, 5.74) is 6.95. The van der Waals surface area contributed by atoms with Crippen LogP contribution >= 0.6 is 0 Å². The van der Waals surface area contributed by atoms with Crippen LogP contribution in [0.15, 0.2) is 12.2 Å². The lowest BCUT2D eigenvalue weighted by molar-refractivity contribution is 0.268. The summed E-state index contributed by atoms with van der Waals surface area (Å²) in [6, 6.07) is 0.716. The molecule has 0 aliphatic carbocycles. The molecule has 0 spiro atoms. The van der Waals surface area contributed by atoms with E-state index in [1.807, 2.05) is 0 Å². The van der Waals surface area contributed by atoms with E-state index in [0.29, 0.717) is 6.04 Å². The van der Waals surface area contributed by atoms with Crippen LogP contribution in [0.1, 0.15) is 26.7 Å². The average Bonchev–Trinajstić information content (AvgIpc) is 2.43. The van der Waals surface area contributed by atoms with Gasteiger partial charge < -0.3 is 10.6 Å². The molecule has 2 nitrogen and oxygen atoms in total. The van der Waals surface area contributed by atoms with E-state index in [-0.39, 0.29) is 0 Å². The Balaban J connectivity index is 2.30. The maximum absolute atomic E-state index is 5.67. The maximum Gasteiger partial charge on any atom is 0.00707 e. The fourth-order valence-corrected chi connectivity index (χ4v) is 2.03. The van der Waals surface area contributed by atoms with Crippen molar-refractivity contribution in [3.05, 3.63) is 12.2 Å². The van der Waals surface area contributed by atoms with Crippen LogP contribution in [0.5, 0.6) is 0 Å². The molecule has 1 saturated heterocycles. The van der Waals surface area contributed by atoms with Gasteiger partial charge in [0.25, 0.3) is 0 Å². The van der Waals surface area contributed by atoms with E-state index >= 15 is 0 Å². The second kappa shape index (κ2) is 4.77. The Morgan fingerprint density at radius 1 is 1.62 bits per heavy atom. The molecule has 2 N–H and O–H groups in total. The summed E-state index contributed by atoms with van der Waals surface area (Å²) < 4.78 is 0. The lowest BCUT2D eigenvalue weighted by atomic mass is 10.1. The van der Waals surface area contributed by atoms with E-state index in [1.165, 1.54) is 18.5 Å². The Kier molecular flexibility index (Phi) is 3.94. The smallest absolute Gasteiger partial charge is 0.00707 e. The molecule has 0 saturated carbocycles. The van der Waals surface area contributed by atoms with Crippen molar-refractivity contribution < 1.29 is 0 Å². The molecule has 0 aromatic rings. The molecule has 0 aromatic carbocycles. The molecule has 0 radical (unpaired) electrons. The van der Waals surface area contributed by atoms with Crippen molar-refractivity contribution in [2.24, 2.45) is 11.7 Å². The van der Waals surface area contributed by atoms with Gasteiger partial charge in [-0.05, 0) is 39.2 Å². The van der Waals surface area contributed by atoms with E-state index in [9.17, 15) is 0 Å². The van der Waals surface area contributed by atoms with Gasteiger partial charge in [-0.2, -0.15) is 0 Å². The van der Waals surface area contributed by atoms with Gasteiger partial charge in [-0.1, -0.05) is 5.57 Å². The molecule has 0 aromatic heterocycles. The molecule has 1 fully saturated rings. The Hall–Kier alpha value is -0.340. The first-order chi connectivity index (χ1) is 6.13. The standard InChI is InChI=1S/C11H22N2/c1-9(2)4-5-13-8-11(7-12)6-10(13)3/h10-11H,1,4-8,12H2,2-3H3. The third kappa shape index (κ3) is 3.12. The highest BCUT2D eigenvalue weighted by molar-refractivity contribution is 4.91. The molecule has 1 heterocycles. The van der Waals surface area contributed by atoms with Crippen LogP contribution in [-0.2, 0) is 0 Å². The predicted octanol–water partition coefficient (Wildman–Crippen LogP) is 1.62. The van der Waals surface area contributed by atoms with Crippen molar-refractivity contribution in [1.82, 2.24) is 4.90 Å². The highest BCUT2D eigenvalue weighted by atomic mass is 15.2. The zero-order valence-electron chi connectivity index (χ0n) is 8.92. The molecule has 76 valence electrons. The van der Waals surface area contributed by atoms with Crippen LogP contribution in [0.3, 0.4) is 0 Å². The zero-order chi connectivity index (χ0) is 9.84. The van der Waals surface area contributed by atoms with E-state index < -0.39 is 0 Å². The molecule has 0 amide bonds. The highest BCUT2D eigenvalue weighted by Gasteiger charge is 2.27. The van der Waals surface area contributed by atoms with Crippen molar-refractivity contribution in [2.45, 2.75) is 32.7 Å². The number of likely N-dealkylation sites (tertiary alicyclic amines) is 1. The van der Waals surface area contributed by atoms with Gasteiger partial charge in [0, 0.05) is 19.1 Å². The molecule has 2 atom stereocenters. The van der Waals surface area contributed by atoms with Gasteiger partial charge in [0.1, 0.15) is 0 Å². The Labute approximate surface area is 81.8 Å². The van der Waals surface area contributed by atoms with Crippen LogP contribution in [-0.4, -0.2) is 30.6 Å². The Morgan fingerprint density at radius 2 is 2.31 bits per heavy atom. The predicted molar refractivity (Wildman–Crippen MR) is 57.6 cm³/mol. The fourth-order valence-electron chi connectivity index (χ4n) is 2.03. The summed E-state index contributed by atoms with van der Waals surface area (Å²) in [6.07, 6.45) is 2.40. The fraction of sp³-hybridized carbons (Fsp3) is 0.818. The average molecular weight is 182 g/mol. The Morgan fingerprint density at radius 3 is 2.77 bits per heavy atom. The largest absolute Gasteiger partial charge is 0.330 e. The van der Waals surface area contributed by atoms with Gasteiger partial charge in [0.05, 0.1) is 0 Å². The van der Waals surface area contributed by atoms with Gasteiger partial charge in [0.2, 0.25) is 0 Å². The van der Waals surface area contributed by atoms with E-state index in [2.05, 4.69) is 25.3 Å². The molecule has 1 aliphatic heterocycles. The van der Waals surface area contributed by atoms with Gasteiger partial charge in [0.15, 0.2) is 0 Å². The number of nitrogens with two attached hydrogens (primary N) is 1. The summed E-state index contributed by atoms with van der Waals surface area (Å²) >= 11 is 0. The van der Waals surface area contributed by atoms with Crippen LogP contribution in [0.2, 0.25) is 0 Å². The first-order valence-corrected chi connectivity index (χ1v) is 5.22. The van der Waals surface area contributed by atoms with Crippen molar-refractivity contribution in [3.63, 3.8) is 0 Å². The number of hydrogen-bond donors (Lipinski definition) is 1. The minimum Gasteiger partial charge on any atom is -0.330 e. The second-order valence-electron chi connectivity index (χ2n) is 4.39. The zero-order valence-corrected chi connectivity index (χ0v) is 8.92. The van der Waals surface area contributed by atoms with Gasteiger partial charge in [-0.25, -0.2) is 0 Å². The maximum atomic E-state index is 5.67. The third-order valence-corrected chi connectivity index (χ3v) is 2.95. The van der Waals surface area contributed by atoms with Gasteiger partial charge in [-0.3, -0.25) is 0 Å². The Bertz CT molecular complexity index is 177. The summed E-state index contributed by atoms with van der Waals surface area (Å²) in [5.74, 6) is 0.722. The number of nitrogens with zero attached hydrogens (tertiary/aromatic N) is 1. The quantitative estimate of drug-likeness (QED) is 0.669. The minimum atomic E-state index is 0.716. The molecule has 0 bridgehead atoms. The molecular weight excluding hydrogens is 160 g/mol. The van der Waals surface area contributed by atoms with Gasteiger partial charge in [-0.15, -0.1) is 6.58 Å². The summed E-state index contributed by atoms with van der Waals surface area (Å²) in [6.45, 7) is 11.5. The number of hydrogen-bond acceptors (Lipinski definition) is 2. The minimum absolute atomic E-state index is 0.716. The van der Waals surface area contributed by atoms with Crippen molar-refractivity contribution in [3.8, 4) is 0 Å². The van der Waals surface area contributed by atoms with E-state index in [1.54, 1.807) is 0 Å². The molecular formula is C11H22N2. The summed E-state index contributed by atoms with van der Waals surface area (Å²) in [7, 11) is 0. The monoisotopic (exact) mass is 182 g/mol. The lowest BCUT2D eigenvalue weighted by Crippen LogP contribution is -2.29. The normalized spacial score (nSPS) is 29.5. The molecule has 2 unspecified atom stereocenters. The van der Waals surface area contributed by atoms with Crippen molar-refractivity contribution in [2.75, 3.05) is 19.6 Å². The van der Waals surface area contributed by atoms with Crippen LogP contribution in [0.25, 0.3) is 0 Å². The SMILES string of the molecule is C=C(C)CCN1CC(CN)CC1C. The molecule has 1 aliphatic rings. The van der Waals surface area contributed by atoms with Crippen LogP contribution < -0.4 is 5.73 Å². The van der Waals surface area contributed by atoms with Crippen LogP contribution in [0.4, 0.5) is 0 Å². The second-order valence-corrected chi connectivity index (χ2v) is 4.39. The lowest BCUT2D eigenvalue weighted by Gasteiger charge is -2.20. The summed E-state index contributed by atoms with van der Waals surface area (Å²) in [5, 5.41) is 0. The molecule has 2 heteroatoms.